The van der Waals surface area contributed by atoms with E-state index in [0.717, 1.165) is 83.0 Å². The fourth-order valence-electron chi connectivity index (χ4n) is 6.74. The summed E-state index contributed by atoms with van der Waals surface area (Å²) in [6, 6.07) is 57.9. The molecule has 0 amide bonds. The van der Waals surface area contributed by atoms with Crippen LogP contribution in [0.3, 0.4) is 0 Å². The molecule has 228 valence electrons. The van der Waals surface area contributed by atoms with Crippen LogP contribution in [-0.4, -0.2) is 9.97 Å². The highest BCUT2D eigenvalue weighted by Gasteiger charge is 2.18. The van der Waals surface area contributed by atoms with Gasteiger partial charge in [-0.05, 0) is 58.0 Å². The molecule has 2 aromatic heterocycles. The molecule has 0 fully saturated rings. The Morgan fingerprint density at radius 2 is 1.02 bits per heavy atom. The standard InChI is InChI=1S/C45H27N3O/c46-28-29-18-20-31(21-19-29)38-26-39-43-35(16-9-17-42(43)49-44(39)37-15-8-7-14-36(37)38)30-22-24-33(25-23-30)41-27-40(32-10-3-1-4-11-32)47-45(48-41)34-12-5-2-6-13-34/h1-27H. The van der Waals surface area contributed by atoms with Gasteiger partial charge < -0.3 is 4.42 Å². The minimum atomic E-state index is 0.642. The number of furan rings is 1. The van der Waals surface area contributed by atoms with Gasteiger partial charge in [-0.3, -0.25) is 0 Å². The number of hydrogen-bond acceptors (Lipinski definition) is 4. The summed E-state index contributed by atoms with van der Waals surface area (Å²) in [5.41, 5.74) is 11.5. The van der Waals surface area contributed by atoms with Crippen molar-refractivity contribution in [3.05, 3.63) is 169 Å². The van der Waals surface area contributed by atoms with Crippen molar-refractivity contribution in [1.82, 2.24) is 9.97 Å². The second kappa shape index (κ2) is 11.8. The molecule has 0 unspecified atom stereocenters. The number of hydrogen-bond donors (Lipinski definition) is 0. The molecule has 4 heteroatoms. The van der Waals surface area contributed by atoms with Crippen LogP contribution in [0.1, 0.15) is 5.56 Å². The van der Waals surface area contributed by atoms with Crippen LogP contribution < -0.4 is 0 Å². The maximum Gasteiger partial charge on any atom is 0.160 e. The Bertz CT molecular complexity index is 2630. The molecule has 2 heterocycles. The molecule has 7 aromatic carbocycles. The van der Waals surface area contributed by atoms with Gasteiger partial charge in [-0.1, -0.05) is 133 Å². The first kappa shape index (κ1) is 28.4. The lowest BCUT2D eigenvalue weighted by molar-refractivity contribution is 0.673. The van der Waals surface area contributed by atoms with Crippen LogP contribution in [0.2, 0.25) is 0 Å². The van der Waals surface area contributed by atoms with Gasteiger partial charge in [-0.15, -0.1) is 0 Å². The number of benzene rings is 7. The molecular weight excluding hydrogens is 599 g/mol. The topological polar surface area (TPSA) is 62.7 Å². The van der Waals surface area contributed by atoms with Crippen LogP contribution >= 0.6 is 0 Å². The maximum absolute atomic E-state index is 9.37. The van der Waals surface area contributed by atoms with Gasteiger partial charge in [0.1, 0.15) is 11.2 Å². The monoisotopic (exact) mass is 625 g/mol. The molecule has 0 aliphatic carbocycles. The molecule has 0 aliphatic heterocycles. The molecular formula is C45H27N3O. The minimum absolute atomic E-state index is 0.642. The second-order valence-electron chi connectivity index (χ2n) is 12.1. The van der Waals surface area contributed by atoms with E-state index < -0.39 is 0 Å². The van der Waals surface area contributed by atoms with E-state index in [0.29, 0.717) is 11.4 Å². The average molecular weight is 626 g/mol. The first-order valence-corrected chi connectivity index (χ1v) is 16.2. The number of rotatable bonds is 5. The highest BCUT2D eigenvalue weighted by Crippen LogP contribution is 2.43. The summed E-state index contributed by atoms with van der Waals surface area (Å²) in [6.45, 7) is 0. The summed E-state index contributed by atoms with van der Waals surface area (Å²) in [4.78, 5) is 9.96. The van der Waals surface area contributed by atoms with Crippen LogP contribution in [0.25, 0.3) is 88.9 Å². The van der Waals surface area contributed by atoms with E-state index in [9.17, 15) is 5.26 Å². The fourth-order valence-corrected chi connectivity index (χ4v) is 6.74. The first-order valence-electron chi connectivity index (χ1n) is 16.2. The van der Waals surface area contributed by atoms with E-state index in [2.05, 4.69) is 91.0 Å². The molecule has 0 spiro atoms. The molecule has 49 heavy (non-hydrogen) atoms. The molecule has 4 nitrogen and oxygen atoms in total. The van der Waals surface area contributed by atoms with Gasteiger partial charge in [0, 0.05) is 32.8 Å². The zero-order chi connectivity index (χ0) is 32.7. The third kappa shape index (κ3) is 5.02. The minimum Gasteiger partial charge on any atom is -0.455 e. The van der Waals surface area contributed by atoms with Gasteiger partial charge >= 0.3 is 0 Å². The number of nitriles is 1. The first-order chi connectivity index (χ1) is 24.2. The van der Waals surface area contributed by atoms with Gasteiger partial charge in [0.05, 0.1) is 23.0 Å². The van der Waals surface area contributed by atoms with Gasteiger partial charge in [-0.25, -0.2) is 9.97 Å². The molecule has 0 atom stereocenters. The highest BCUT2D eigenvalue weighted by molar-refractivity contribution is 6.22. The number of fused-ring (bicyclic) bond motifs is 5. The van der Waals surface area contributed by atoms with E-state index in [1.165, 1.54) is 0 Å². The number of nitrogens with zero attached hydrogens (tertiary/aromatic N) is 3. The lowest BCUT2D eigenvalue weighted by Crippen LogP contribution is -1.95. The summed E-state index contributed by atoms with van der Waals surface area (Å²) < 4.78 is 6.60. The summed E-state index contributed by atoms with van der Waals surface area (Å²) in [6.07, 6.45) is 0. The van der Waals surface area contributed by atoms with E-state index >= 15 is 0 Å². The lowest BCUT2D eigenvalue weighted by atomic mass is 9.93. The molecule has 9 aromatic rings. The third-order valence-electron chi connectivity index (χ3n) is 9.15. The summed E-state index contributed by atoms with van der Waals surface area (Å²) in [5.74, 6) is 0.695. The van der Waals surface area contributed by atoms with Crippen molar-refractivity contribution < 1.29 is 4.42 Å². The second-order valence-corrected chi connectivity index (χ2v) is 12.1. The zero-order valence-corrected chi connectivity index (χ0v) is 26.3. The summed E-state index contributed by atoms with van der Waals surface area (Å²) in [7, 11) is 0. The van der Waals surface area contributed by atoms with Crippen molar-refractivity contribution in [2.75, 3.05) is 0 Å². The normalized spacial score (nSPS) is 11.2. The Labute approximate surface area is 283 Å². The van der Waals surface area contributed by atoms with Crippen molar-refractivity contribution in [2.45, 2.75) is 0 Å². The Hall–Kier alpha value is -6.83. The lowest BCUT2D eigenvalue weighted by Gasteiger charge is -2.11. The highest BCUT2D eigenvalue weighted by atomic mass is 16.3. The van der Waals surface area contributed by atoms with Crippen LogP contribution in [0, 0.1) is 11.3 Å². The smallest absolute Gasteiger partial charge is 0.160 e. The van der Waals surface area contributed by atoms with Crippen LogP contribution in [-0.2, 0) is 0 Å². The quantitative estimate of drug-likeness (QED) is 0.191. The number of aromatic nitrogens is 2. The molecule has 0 saturated heterocycles. The van der Waals surface area contributed by atoms with Gasteiger partial charge in [0.25, 0.3) is 0 Å². The Morgan fingerprint density at radius 3 is 1.71 bits per heavy atom. The summed E-state index contributed by atoms with van der Waals surface area (Å²) in [5, 5.41) is 13.7. The average Bonchev–Trinajstić information content (AvgIpc) is 3.57. The predicted molar refractivity (Wildman–Crippen MR) is 199 cm³/mol. The van der Waals surface area contributed by atoms with Crippen molar-refractivity contribution in [2.24, 2.45) is 0 Å². The maximum atomic E-state index is 9.37. The molecule has 0 aliphatic rings. The Kier molecular flexibility index (Phi) is 6.81. The summed E-state index contributed by atoms with van der Waals surface area (Å²) >= 11 is 0. The molecule has 0 N–H and O–H groups in total. The van der Waals surface area contributed by atoms with Gasteiger partial charge in [-0.2, -0.15) is 5.26 Å². The van der Waals surface area contributed by atoms with Crippen molar-refractivity contribution in [1.29, 1.82) is 5.26 Å². The van der Waals surface area contributed by atoms with Crippen LogP contribution in [0.15, 0.2) is 168 Å². The largest absolute Gasteiger partial charge is 0.455 e. The predicted octanol–water partition coefficient (Wildman–Crippen LogP) is 11.7. The molecule has 9 rings (SSSR count). The Balaban J connectivity index is 1.19. The SMILES string of the molecule is N#Cc1ccc(-c2cc3c(oc4cccc(-c5ccc(-c6cc(-c7ccccc7)nc(-c7ccccc7)n6)cc5)c43)c3ccccc23)cc1. The van der Waals surface area contributed by atoms with E-state index in [1.54, 1.807) is 0 Å². The van der Waals surface area contributed by atoms with Crippen molar-refractivity contribution in [3.8, 4) is 62.2 Å². The van der Waals surface area contributed by atoms with Crippen molar-refractivity contribution in [3.63, 3.8) is 0 Å². The molecule has 0 saturated carbocycles. The van der Waals surface area contributed by atoms with E-state index in [4.69, 9.17) is 14.4 Å². The van der Waals surface area contributed by atoms with Crippen molar-refractivity contribution >= 4 is 32.7 Å². The third-order valence-corrected chi connectivity index (χ3v) is 9.15. The van der Waals surface area contributed by atoms with Gasteiger partial charge in [0.2, 0.25) is 0 Å². The van der Waals surface area contributed by atoms with Gasteiger partial charge in [0.15, 0.2) is 5.82 Å². The Morgan fingerprint density at radius 1 is 0.449 bits per heavy atom. The molecule has 0 radical (unpaired) electrons. The zero-order valence-electron chi connectivity index (χ0n) is 26.3. The van der Waals surface area contributed by atoms with E-state index in [1.807, 2.05) is 78.9 Å². The van der Waals surface area contributed by atoms with E-state index in [-0.39, 0.29) is 0 Å². The van der Waals surface area contributed by atoms with Crippen LogP contribution in [0.5, 0.6) is 0 Å². The fraction of sp³-hybridized carbons (Fsp3) is 0. The van der Waals surface area contributed by atoms with Crippen LogP contribution in [0.4, 0.5) is 0 Å². The molecule has 0 bridgehead atoms.